The standard InChI is InChI=1S/C11H17NO4/c13-10-3-1-2-4-11(14)16-9-5-8(7-15-10)12-6-9/h8-9,12H,1-7H2/t8-,9-/m1/s1. The van der Waals surface area contributed by atoms with E-state index in [-0.39, 0.29) is 24.1 Å². The Morgan fingerprint density at radius 1 is 1.12 bits per heavy atom. The zero-order chi connectivity index (χ0) is 11.4. The number of cyclic esters (lactones) is 1. The highest BCUT2D eigenvalue weighted by atomic mass is 16.5. The molecule has 0 unspecified atom stereocenters. The molecule has 2 aliphatic rings. The van der Waals surface area contributed by atoms with Crippen molar-refractivity contribution in [1.82, 2.24) is 5.32 Å². The monoisotopic (exact) mass is 227 g/mol. The van der Waals surface area contributed by atoms with E-state index < -0.39 is 0 Å². The lowest BCUT2D eigenvalue weighted by atomic mass is 10.1. The molecule has 0 aliphatic carbocycles. The van der Waals surface area contributed by atoms with Crippen molar-refractivity contribution in [2.45, 2.75) is 44.2 Å². The first-order valence-corrected chi connectivity index (χ1v) is 5.82. The van der Waals surface area contributed by atoms with Crippen LogP contribution in [0.3, 0.4) is 0 Å². The van der Waals surface area contributed by atoms with Gasteiger partial charge in [-0.25, -0.2) is 0 Å². The van der Waals surface area contributed by atoms with Crippen LogP contribution in [-0.2, 0) is 19.1 Å². The van der Waals surface area contributed by atoms with E-state index in [2.05, 4.69) is 5.32 Å². The summed E-state index contributed by atoms with van der Waals surface area (Å²) in [5.41, 5.74) is 0. The fourth-order valence-corrected chi connectivity index (χ4v) is 2.05. The third-order valence-corrected chi connectivity index (χ3v) is 2.94. The number of esters is 2. The molecule has 2 aliphatic heterocycles. The molecule has 2 saturated heterocycles. The van der Waals surface area contributed by atoms with E-state index in [1.54, 1.807) is 0 Å². The van der Waals surface area contributed by atoms with Gasteiger partial charge in [-0.1, -0.05) is 0 Å². The van der Waals surface area contributed by atoms with E-state index >= 15 is 0 Å². The summed E-state index contributed by atoms with van der Waals surface area (Å²) in [4.78, 5) is 22.7. The summed E-state index contributed by atoms with van der Waals surface area (Å²) >= 11 is 0. The first kappa shape index (κ1) is 11.4. The maximum Gasteiger partial charge on any atom is 0.306 e. The van der Waals surface area contributed by atoms with Gasteiger partial charge < -0.3 is 14.8 Å². The molecule has 0 spiro atoms. The highest BCUT2D eigenvalue weighted by Gasteiger charge is 2.28. The van der Waals surface area contributed by atoms with Gasteiger partial charge in [0.25, 0.3) is 0 Å². The van der Waals surface area contributed by atoms with Crippen molar-refractivity contribution in [3.8, 4) is 0 Å². The summed E-state index contributed by atoms with van der Waals surface area (Å²) in [6.45, 7) is 1.04. The highest BCUT2D eigenvalue weighted by molar-refractivity contribution is 5.70. The van der Waals surface area contributed by atoms with Gasteiger partial charge in [-0.05, 0) is 12.8 Å². The second-order valence-corrected chi connectivity index (χ2v) is 4.34. The molecule has 0 aromatic carbocycles. The molecule has 0 saturated carbocycles. The minimum Gasteiger partial charge on any atom is -0.464 e. The molecule has 0 aromatic heterocycles. The number of nitrogens with one attached hydrogen (secondary N) is 1. The van der Waals surface area contributed by atoms with Crippen LogP contribution in [0.15, 0.2) is 0 Å². The molecule has 0 amide bonds. The molecule has 5 heteroatoms. The molecule has 2 bridgehead atoms. The molecule has 0 aromatic rings. The molecular formula is C11H17NO4. The van der Waals surface area contributed by atoms with Crippen LogP contribution in [0.2, 0.25) is 0 Å². The third kappa shape index (κ3) is 3.20. The van der Waals surface area contributed by atoms with E-state index in [9.17, 15) is 9.59 Å². The first-order chi connectivity index (χ1) is 7.74. The van der Waals surface area contributed by atoms with Crippen LogP contribution < -0.4 is 5.32 Å². The van der Waals surface area contributed by atoms with Gasteiger partial charge in [-0.3, -0.25) is 9.59 Å². The molecule has 1 N–H and O–H groups in total. The fourth-order valence-electron chi connectivity index (χ4n) is 2.05. The largest absolute Gasteiger partial charge is 0.464 e. The molecule has 2 fully saturated rings. The van der Waals surface area contributed by atoms with Crippen molar-refractivity contribution in [3.05, 3.63) is 0 Å². The van der Waals surface area contributed by atoms with Crippen molar-refractivity contribution in [2.24, 2.45) is 0 Å². The molecule has 2 atom stereocenters. The minimum atomic E-state index is -0.167. The third-order valence-electron chi connectivity index (χ3n) is 2.94. The van der Waals surface area contributed by atoms with Gasteiger partial charge in [-0.2, -0.15) is 0 Å². The molecule has 5 nitrogen and oxygen atoms in total. The Morgan fingerprint density at radius 2 is 1.88 bits per heavy atom. The van der Waals surface area contributed by atoms with Gasteiger partial charge in [0.1, 0.15) is 12.7 Å². The average molecular weight is 227 g/mol. The molecule has 16 heavy (non-hydrogen) atoms. The predicted molar refractivity (Wildman–Crippen MR) is 55.7 cm³/mol. The number of ether oxygens (including phenoxy) is 2. The minimum absolute atomic E-state index is 0.0596. The van der Waals surface area contributed by atoms with Crippen molar-refractivity contribution >= 4 is 11.9 Å². The van der Waals surface area contributed by atoms with Crippen LogP contribution in [0.1, 0.15) is 32.1 Å². The zero-order valence-corrected chi connectivity index (χ0v) is 9.24. The second kappa shape index (κ2) is 5.30. The number of carbonyl (C=O) groups is 2. The van der Waals surface area contributed by atoms with E-state index in [1.807, 2.05) is 0 Å². The van der Waals surface area contributed by atoms with Gasteiger partial charge in [0, 0.05) is 31.8 Å². The summed E-state index contributed by atoms with van der Waals surface area (Å²) in [5, 5.41) is 3.18. The van der Waals surface area contributed by atoms with Crippen LogP contribution in [0.5, 0.6) is 0 Å². The fraction of sp³-hybridized carbons (Fsp3) is 0.818. The van der Waals surface area contributed by atoms with Crippen molar-refractivity contribution in [2.75, 3.05) is 13.2 Å². The molecule has 0 radical (unpaired) electrons. The van der Waals surface area contributed by atoms with Crippen LogP contribution in [0, 0.1) is 0 Å². The van der Waals surface area contributed by atoms with E-state index in [0.29, 0.717) is 38.8 Å². The Hall–Kier alpha value is -1.10. The van der Waals surface area contributed by atoms with Gasteiger partial charge in [0.05, 0.1) is 0 Å². The Bertz CT molecular complexity index is 279. The summed E-state index contributed by atoms with van der Waals surface area (Å²) in [6, 6.07) is 0.126. The number of carbonyl (C=O) groups excluding carboxylic acids is 2. The molecule has 90 valence electrons. The van der Waals surface area contributed by atoms with Gasteiger partial charge >= 0.3 is 11.9 Å². The molecular weight excluding hydrogens is 210 g/mol. The van der Waals surface area contributed by atoms with E-state index in [1.165, 1.54) is 0 Å². The number of rotatable bonds is 0. The first-order valence-electron chi connectivity index (χ1n) is 5.82. The summed E-state index contributed by atoms with van der Waals surface area (Å²) < 4.78 is 10.4. The Kier molecular flexibility index (Phi) is 3.77. The van der Waals surface area contributed by atoms with Gasteiger partial charge in [-0.15, -0.1) is 0 Å². The van der Waals surface area contributed by atoms with Crippen LogP contribution >= 0.6 is 0 Å². The quantitative estimate of drug-likeness (QED) is 0.606. The summed E-state index contributed by atoms with van der Waals surface area (Å²) in [5.74, 6) is -0.319. The number of hydrogen-bond donors (Lipinski definition) is 1. The topological polar surface area (TPSA) is 64.6 Å². The predicted octanol–water partition coefficient (Wildman–Crippen LogP) is 0.377. The Labute approximate surface area is 94.5 Å². The maximum atomic E-state index is 11.4. The average Bonchev–Trinajstić information content (AvgIpc) is 2.68. The van der Waals surface area contributed by atoms with Gasteiger partial charge in [0.15, 0.2) is 0 Å². The van der Waals surface area contributed by atoms with Crippen molar-refractivity contribution < 1.29 is 19.1 Å². The SMILES string of the molecule is O=C1CCCCC(=O)O[C@H]2CN[C@@H](CO1)C2. The lowest BCUT2D eigenvalue weighted by Crippen LogP contribution is -2.28. The zero-order valence-electron chi connectivity index (χ0n) is 9.24. The maximum absolute atomic E-state index is 11.4. The van der Waals surface area contributed by atoms with Crippen molar-refractivity contribution in [1.29, 1.82) is 0 Å². The smallest absolute Gasteiger partial charge is 0.306 e. The van der Waals surface area contributed by atoms with Crippen LogP contribution in [0.25, 0.3) is 0 Å². The summed E-state index contributed by atoms with van der Waals surface area (Å²) in [6.07, 6.45) is 2.85. The Balaban J connectivity index is 1.90. The van der Waals surface area contributed by atoms with E-state index in [0.717, 1.165) is 6.42 Å². The number of fused-ring (bicyclic) bond motifs is 2. The lowest BCUT2D eigenvalue weighted by molar-refractivity contribution is -0.150. The molecule has 2 heterocycles. The van der Waals surface area contributed by atoms with E-state index in [4.69, 9.17) is 9.47 Å². The normalized spacial score (nSPS) is 32.2. The molecule has 2 rings (SSSR count). The number of hydrogen-bond acceptors (Lipinski definition) is 5. The van der Waals surface area contributed by atoms with Crippen molar-refractivity contribution in [3.63, 3.8) is 0 Å². The second-order valence-electron chi connectivity index (χ2n) is 4.34. The summed E-state index contributed by atoms with van der Waals surface area (Å²) in [7, 11) is 0. The van der Waals surface area contributed by atoms with Crippen LogP contribution in [-0.4, -0.2) is 37.2 Å². The van der Waals surface area contributed by atoms with Gasteiger partial charge in [0.2, 0.25) is 0 Å². The lowest BCUT2D eigenvalue weighted by Gasteiger charge is -2.13. The Morgan fingerprint density at radius 3 is 2.69 bits per heavy atom. The highest BCUT2D eigenvalue weighted by Crippen LogP contribution is 2.14. The van der Waals surface area contributed by atoms with Crippen LogP contribution in [0.4, 0.5) is 0 Å².